The molecule has 4 aromatic rings. The van der Waals surface area contributed by atoms with Crippen LogP contribution in [0.2, 0.25) is 10.0 Å². The van der Waals surface area contributed by atoms with E-state index in [1.54, 1.807) is 30.5 Å². The molecule has 0 amide bonds. The zero-order valence-corrected chi connectivity index (χ0v) is 16.5. The molecule has 1 aliphatic heterocycles. The molecule has 0 bridgehead atoms. The zero-order valence-electron chi connectivity index (χ0n) is 15.0. The van der Waals surface area contributed by atoms with Crippen molar-refractivity contribution < 1.29 is 5.11 Å². The summed E-state index contributed by atoms with van der Waals surface area (Å²) in [6.45, 7) is 1.12. The normalized spacial score (nSPS) is 14.2. The van der Waals surface area contributed by atoms with Gasteiger partial charge in [0.2, 0.25) is 0 Å². The van der Waals surface area contributed by atoms with E-state index in [-0.39, 0.29) is 6.10 Å². The van der Waals surface area contributed by atoms with Crippen molar-refractivity contribution in [2.75, 3.05) is 23.3 Å². The number of benzene rings is 1. The topological polar surface area (TPSA) is 103 Å². The van der Waals surface area contributed by atoms with Gasteiger partial charge in [0.1, 0.15) is 29.3 Å². The van der Waals surface area contributed by atoms with Gasteiger partial charge in [0, 0.05) is 25.4 Å². The molecule has 8 nitrogen and oxygen atoms in total. The molecule has 1 aliphatic rings. The number of aliphatic hydroxyl groups is 1. The second-order valence-corrected chi connectivity index (χ2v) is 7.50. The molecule has 3 N–H and O–H groups in total. The molecule has 1 saturated heterocycles. The fourth-order valence-electron chi connectivity index (χ4n) is 3.22. The Morgan fingerprint density at radius 3 is 2.66 bits per heavy atom. The first-order chi connectivity index (χ1) is 14.1. The van der Waals surface area contributed by atoms with Gasteiger partial charge in [0.25, 0.3) is 0 Å². The number of hydrogen-bond donors (Lipinski definition) is 3. The van der Waals surface area contributed by atoms with Crippen LogP contribution in [0.1, 0.15) is 0 Å². The van der Waals surface area contributed by atoms with Crippen LogP contribution in [0.3, 0.4) is 0 Å². The van der Waals surface area contributed by atoms with Crippen LogP contribution in [0, 0.1) is 0 Å². The Hall–Kier alpha value is -2.94. The van der Waals surface area contributed by atoms with E-state index in [4.69, 9.17) is 23.2 Å². The third-order valence-corrected chi connectivity index (χ3v) is 5.32. The van der Waals surface area contributed by atoms with Gasteiger partial charge in [0.15, 0.2) is 5.82 Å². The number of aromatic amines is 1. The number of rotatable bonds is 4. The number of pyridine rings is 1. The SMILES string of the molecule is OC1CN(c2cc(Nc3nccc4nc(-c5c(Cl)cccc5Cl)[nH]c34)ncn2)C1. The number of halogens is 2. The lowest BCUT2D eigenvalue weighted by molar-refractivity contribution is 0.141. The van der Waals surface area contributed by atoms with Gasteiger partial charge in [-0.05, 0) is 18.2 Å². The number of imidazole rings is 1. The van der Waals surface area contributed by atoms with E-state index in [1.807, 2.05) is 11.0 Å². The molecule has 1 fully saturated rings. The van der Waals surface area contributed by atoms with Crippen molar-refractivity contribution in [2.45, 2.75) is 6.10 Å². The van der Waals surface area contributed by atoms with Crippen molar-refractivity contribution >= 4 is 51.7 Å². The van der Waals surface area contributed by atoms with Gasteiger partial charge in [-0.1, -0.05) is 29.3 Å². The predicted molar refractivity (Wildman–Crippen MR) is 113 cm³/mol. The zero-order chi connectivity index (χ0) is 20.0. The van der Waals surface area contributed by atoms with Gasteiger partial charge in [-0.15, -0.1) is 0 Å². The minimum absolute atomic E-state index is 0.308. The molecule has 0 radical (unpaired) electrons. The highest BCUT2D eigenvalue weighted by atomic mass is 35.5. The first-order valence-corrected chi connectivity index (χ1v) is 9.65. The van der Waals surface area contributed by atoms with Crippen LogP contribution in [-0.2, 0) is 0 Å². The number of anilines is 3. The van der Waals surface area contributed by atoms with Crippen molar-refractivity contribution in [3.63, 3.8) is 0 Å². The molecule has 0 unspecified atom stereocenters. The first-order valence-electron chi connectivity index (χ1n) is 8.89. The molecule has 0 aliphatic carbocycles. The molecule has 0 spiro atoms. The van der Waals surface area contributed by atoms with Crippen molar-refractivity contribution in [1.82, 2.24) is 24.9 Å². The maximum atomic E-state index is 9.50. The number of aliphatic hydroxyl groups excluding tert-OH is 1. The van der Waals surface area contributed by atoms with Gasteiger partial charge in [0.05, 0.1) is 27.2 Å². The monoisotopic (exact) mass is 427 g/mol. The van der Waals surface area contributed by atoms with Crippen LogP contribution in [0.25, 0.3) is 22.4 Å². The molecule has 3 aromatic heterocycles. The average molecular weight is 428 g/mol. The lowest BCUT2D eigenvalue weighted by atomic mass is 10.2. The fraction of sp³-hybridized carbons (Fsp3) is 0.158. The van der Waals surface area contributed by atoms with Crippen LogP contribution in [-0.4, -0.2) is 49.2 Å². The Kier molecular flexibility index (Phi) is 4.46. The fourth-order valence-corrected chi connectivity index (χ4v) is 3.80. The molecular formula is C19H15Cl2N7O. The van der Waals surface area contributed by atoms with Crippen molar-refractivity contribution in [3.05, 3.63) is 52.9 Å². The average Bonchev–Trinajstić information content (AvgIpc) is 3.10. The van der Waals surface area contributed by atoms with Crippen LogP contribution >= 0.6 is 23.2 Å². The molecule has 4 heterocycles. The van der Waals surface area contributed by atoms with Gasteiger partial charge >= 0.3 is 0 Å². The summed E-state index contributed by atoms with van der Waals surface area (Å²) in [6.07, 6.45) is 2.83. The summed E-state index contributed by atoms with van der Waals surface area (Å²) >= 11 is 12.6. The smallest absolute Gasteiger partial charge is 0.157 e. The van der Waals surface area contributed by atoms with Gasteiger partial charge in [-0.2, -0.15) is 0 Å². The Morgan fingerprint density at radius 1 is 1.10 bits per heavy atom. The van der Waals surface area contributed by atoms with E-state index in [9.17, 15) is 5.11 Å². The van der Waals surface area contributed by atoms with E-state index in [0.717, 1.165) is 5.82 Å². The summed E-state index contributed by atoms with van der Waals surface area (Å²) in [7, 11) is 0. The van der Waals surface area contributed by atoms with Crippen LogP contribution in [0.15, 0.2) is 42.9 Å². The quantitative estimate of drug-likeness (QED) is 0.456. The minimum atomic E-state index is -0.308. The maximum Gasteiger partial charge on any atom is 0.157 e. The Balaban J connectivity index is 1.50. The highest BCUT2D eigenvalue weighted by Crippen LogP contribution is 2.35. The highest BCUT2D eigenvalue weighted by molar-refractivity contribution is 6.39. The van der Waals surface area contributed by atoms with Crippen LogP contribution in [0.5, 0.6) is 0 Å². The van der Waals surface area contributed by atoms with E-state index in [1.165, 1.54) is 6.33 Å². The molecule has 1 aromatic carbocycles. The minimum Gasteiger partial charge on any atom is -0.389 e. The van der Waals surface area contributed by atoms with E-state index >= 15 is 0 Å². The summed E-state index contributed by atoms with van der Waals surface area (Å²) in [5.74, 6) is 2.46. The summed E-state index contributed by atoms with van der Waals surface area (Å²) in [6, 6.07) is 8.94. The third kappa shape index (κ3) is 3.35. The van der Waals surface area contributed by atoms with E-state index < -0.39 is 0 Å². The molecule has 146 valence electrons. The third-order valence-electron chi connectivity index (χ3n) is 4.69. The van der Waals surface area contributed by atoms with Gasteiger partial charge in [-0.25, -0.2) is 19.9 Å². The lowest BCUT2D eigenvalue weighted by Crippen LogP contribution is -2.51. The highest BCUT2D eigenvalue weighted by Gasteiger charge is 2.25. The van der Waals surface area contributed by atoms with Crippen molar-refractivity contribution in [1.29, 1.82) is 0 Å². The summed E-state index contributed by atoms with van der Waals surface area (Å²) in [5.41, 5.74) is 2.06. The van der Waals surface area contributed by atoms with Crippen molar-refractivity contribution in [2.24, 2.45) is 0 Å². The predicted octanol–water partition coefficient (Wildman–Crippen LogP) is 3.65. The second-order valence-electron chi connectivity index (χ2n) is 6.68. The number of β-amino-alcohol motifs (C(OH)–C–C–N with tert-alkyl or cyclic N) is 1. The molecule has 29 heavy (non-hydrogen) atoms. The molecule has 0 saturated carbocycles. The largest absolute Gasteiger partial charge is 0.389 e. The Bertz CT molecular complexity index is 1190. The molecular weight excluding hydrogens is 413 g/mol. The number of fused-ring (bicyclic) bond motifs is 1. The molecule has 10 heteroatoms. The second kappa shape index (κ2) is 7.14. The Labute approximate surface area is 175 Å². The first kappa shape index (κ1) is 18.1. The van der Waals surface area contributed by atoms with Crippen LogP contribution in [0.4, 0.5) is 17.5 Å². The lowest BCUT2D eigenvalue weighted by Gasteiger charge is -2.36. The number of hydrogen-bond acceptors (Lipinski definition) is 7. The standard InChI is InChI=1S/C19H15Cl2N7O/c20-11-2-1-3-12(21)16(11)18-25-13-4-5-22-19(17(13)27-18)26-14-6-15(24-9-23-14)28-7-10(29)8-28/h1-6,9-10,29H,7-8H2,(H,25,27)(H,22,23,24,26). The van der Waals surface area contributed by atoms with Gasteiger partial charge < -0.3 is 20.3 Å². The van der Waals surface area contributed by atoms with E-state index in [2.05, 4.69) is 30.2 Å². The number of aromatic nitrogens is 5. The molecule has 0 atom stereocenters. The summed E-state index contributed by atoms with van der Waals surface area (Å²) in [5, 5.41) is 13.7. The number of nitrogens with zero attached hydrogens (tertiary/aromatic N) is 5. The number of nitrogens with one attached hydrogen (secondary N) is 2. The van der Waals surface area contributed by atoms with Crippen molar-refractivity contribution in [3.8, 4) is 11.4 Å². The molecule has 5 rings (SSSR count). The maximum absolute atomic E-state index is 9.50. The number of H-pyrrole nitrogens is 1. The van der Waals surface area contributed by atoms with Gasteiger partial charge in [-0.3, -0.25) is 0 Å². The summed E-state index contributed by atoms with van der Waals surface area (Å²) < 4.78 is 0. The van der Waals surface area contributed by atoms with Crippen LogP contribution < -0.4 is 10.2 Å². The summed E-state index contributed by atoms with van der Waals surface area (Å²) in [4.78, 5) is 22.8. The van der Waals surface area contributed by atoms with E-state index in [0.29, 0.717) is 57.2 Å². The Morgan fingerprint density at radius 2 is 1.90 bits per heavy atom.